The van der Waals surface area contributed by atoms with Crippen LogP contribution < -0.4 is 4.90 Å². The highest BCUT2D eigenvalue weighted by Crippen LogP contribution is 2.53. The van der Waals surface area contributed by atoms with Gasteiger partial charge in [0.1, 0.15) is 16.8 Å². The van der Waals surface area contributed by atoms with Gasteiger partial charge in [-0.3, -0.25) is 4.90 Å². The van der Waals surface area contributed by atoms with E-state index in [1.54, 1.807) is 0 Å². The average molecular weight is 677 g/mol. The van der Waals surface area contributed by atoms with E-state index in [9.17, 15) is 0 Å². The van der Waals surface area contributed by atoms with Crippen LogP contribution in [-0.4, -0.2) is 14.5 Å². The zero-order chi connectivity index (χ0) is 34.6. The maximum Gasteiger partial charge on any atom is 0.236 e. The summed E-state index contributed by atoms with van der Waals surface area (Å²) in [5, 5.41) is 8.07. The van der Waals surface area contributed by atoms with Gasteiger partial charge in [0.15, 0.2) is 5.58 Å². The van der Waals surface area contributed by atoms with Crippen molar-refractivity contribution >= 4 is 82.7 Å². The summed E-state index contributed by atoms with van der Waals surface area (Å²) in [5.74, 6) is 0.601. The molecular formula is C48H28N4O. The van der Waals surface area contributed by atoms with Gasteiger partial charge >= 0.3 is 0 Å². The van der Waals surface area contributed by atoms with Gasteiger partial charge in [0.2, 0.25) is 5.95 Å². The summed E-state index contributed by atoms with van der Waals surface area (Å²) in [4.78, 5) is 13.1. The lowest BCUT2D eigenvalue weighted by molar-refractivity contribution is 0.667. The summed E-state index contributed by atoms with van der Waals surface area (Å²) in [5.41, 5.74) is 11.9. The fourth-order valence-electron chi connectivity index (χ4n) is 8.64. The smallest absolute Gasteiger partial charge is 0.236 e. The van der Waals surface area contributed by atoms with Crippen molar-refractivity contribution in [2.45, 2.75) is 0 Å². The van der Waals surface area contributed by atoms with Gasteiger partial charge in [-0.1, -0.05) is 115 Å². The molecule has 8 aromatic carbocycles. The Morgan fingerprint density at radius 3 is 2.13 bits per heavy atom. The lowest BCUT2D eigenvalue weighted by Crippen LogP contribution is -2.18. The van der Waals surface area contributed by atoms with E-state index >= 15 is 0 Å². The molecule has 0 atom stereocenters. The minimum atomic E-state index is 0.601. The fourth-order valence-corrected chi connectivity index (χ4v) is 8.64. The second kappa shape index (κ2) is 10.6. The molecule has 5 heteroatoms. The minimum absolute atomic E-state index is 0.601. The van der Waals surface area contributed by atoms with Crippen LogP contribution in [0.5, 0.6) is 0 Å². The number of anilines is 3. The number of benzene rings is 8. The average Bonchev–Trinajstić information content (AvgIpc) is 3.76. The van der Waals surface area contributed by atoms with E-state index in [-0.39, 0.29) is 0 Å². The topological polar surface area (TPSA) is 47.1 Å². The first-order valence-corrected chi connectivity index (χ1v) is 17.9. The quantitative estimate of drug-likeness (QED) is 0.187. The number of hydrogen-bond acceptors (Lipinski definition) is 4. The summed E-state index contributed by atoms with van der Waals surface area (Å²) in [7, 11) is 0. The van der Waals surface area contributed by atoms with Crippen molar-refractivity contribution < 1.29 is 4.42 Å². The van der Waals surface area contributed by atoms with Crippen molar-refractivity contribution in [2.24, 2.45) is 0 Å². The predicted octanol–water partition coefficient (Wildman–Crippen LogP) is 12.9. The SMILES string of the molecule is c1ccc(-n2c3ccccc3c3cc(-c4nc(N5c6ccc7ccccc7c6-c6cccc7cccc5c67)nc5c4oc4ccccc45)ccc32)cc1. The van der Waals surface area contributed by atoms with E-state index in [2.05, 4.69) is 161 Å². The zero-order valence-electron chi connectivity index (χ0n) is 28.4. The van der Waals surface area contributed by atoms with E-state index in [0.717, 1.165) is 61.2 Å². The van der Waals surface area contributed by atoms with Crippen LogP contribution in [0.15, 0.2) is 174 Å². The van der Waals surface area contributed by atoms with Gasteiger partial charge in [-0.05, 0) is 76.3 Å². The summed E-state index contributed by atoms with van der Waals surface area (Å²) >= 11 is 0. The number of fused-ring (bicyclic) bond motifs is 10. The molecule has 0 saturated carbocycles. The van der Waals surface area contributed by atoms with Crippen LogP contribution in [0.1, 0.15) is 0 Å². The van der Waals surface area contributed by atoms with Crippen LogP contribution in [0.2, 0.25) is 0 Å². The third-order valence-corrected chi connectivity index (χ3v) is 10.9. The number of para-hydroxylation sites is 3. The van der Waals surface area contributed by atoms with Gasteiger partial charge in [0.05, 0.1) is 22.4 Å². The summed E-state index contributed by atoms with van der Waals surface area (Å²) < 4.78 is 8.98. The molecular weight excluding hydrogens is 649 g/mol. The summed E-state index contributed by atoms with van der Waals surface area (Å²) in [6.45, 7) is 0. The van der Waals surface area contributed by atoms with Gasteiger partial charge in [0, 0.05) is 38.4 Å². The Hall–Kier alpha value is -7.24. The number of hydrogen-bond donors (Lipinski definition) is 0. The van der Waals surface area contributed by atoms with Gasteiger partial charge in [-0.15, -0.1) is 0 Å². The van der Waals surface area contributed by atoms with E-state index in [1.807, 2.05) is 18.2 Å². The second-order valence-electron chi connectivity index (χ2n) is 13.8. The summed E-state index contributed by atoms with van der Waals surface area (Å²) in [6, 6.07) is 60.1. The van der Waals surface area contributed by atoms with Crippen molar-refractivity contribution in [1.29, 1.82) is 0 Å². The molecule has 4 heterocycles. The van der Waals surface area contributed by atoms with Gasteiger partial charge < -0.3 is 8.98 Å². The molecule has 246 valence electrons. The highest BCUT2D eigenvalue weighted by molar-refractivity contribution is 6.19. The normalized spacial score (nSPS) is 12.5. The molecule has 53 heavy (non-hydrogen) atoms. The highest BCUT2D eigenvalue weighted by Gasteiger charge is 2.30. The first-order valence-electron chi connectivity index (χ1n) is 17.9. The number of furan rings is 1. The van der Waals surface area contributed by atoms with Crippen molar-refractivity contribution in [3.63, 3.8) is 0 Å². The largest absolute Gasteiger partial charge is 0.452 e. The molecule has 0 fully saturated rings. The predicted molar refractivity (Wildman–Crippen MR) is 218 cm³/mol. The maximum atomic E-state index is 6.65. The highest BCUT2D eigenvalue weighted by atomic mass is 16.3. The van der Waals surface area contributed by atoms with Crippen molar-refractivity contribution in [3.05, 3.63) is 170 Å². The second-order valence-corrected chi connectivity index (χ2v) is 13.8. The van der Waals surface area contributed by atoms with Gasteiger partial charge in [-0.25, -0.2) is 9.97 Å². The molecule has 0 N–H and O–H groups in total. The molecule has 0 bridgehead atoms. The molecule has 11 aromatic rings. The molecule has 1 aliphatic rings. The minimum Gasteiger partial charge on any atom is -0.452 e. The number of nitrogens with zero attached hydrogens (tertiary/aromatic N) is 4. The van der Waals surface area contributed by atoms with E-state index in [0.29, 0.717) is 11.5 Å². The lowest BCUT2D eigenvalue weighted by atomic mass is 9.88. The Labute approximate surface area is 303 Å². The Morgan fingerprint density at radius 2 is 1.23 bits per heavy atom. The molecule has 0 spiro atoms. The van der Waals surface area contributed by atoms with Crippen molar-refractivity contribution in [3.8, 4) is 28.1 Å². The molecule has 1 aliphatic heterocycles. The van der Waals surface area contributed by atoms with Gasteiger partial charge in [-0.2, -0.15) is 0 Å². The van der Waals surface area contributed by atoms with Crippen LogP contribution in [0, 0.1) is 0 Å². The molecule has 12 rings (SSSR count). The van der Waals surface area contributed by atoms with Crippen LogP contribution >= 0.6 is 0 Å². The molecule has 0 amide bonds. The van der Waals surface area contributed by atoms with Crippen LogP contribution in [0.4, 0.5) is 17.3 Å². The molecule has 0 saturated heterocycles. The maximum absolute atomic E-state index is 6.65. The molecule has 0 aliphatic carbocycles. The third-order valence-electron chi connectivity index (χ3n) is 10.9. The zero-order valence-corrected chi connectivity index (χ0v) is 28.4. The number of rotatable bonds is 3. The molecule has 0 radical (unpaired) electrons. The van der Waals surface area contributed by atoms with Crippen LogP contribution in [-0.2, 0) is 0 Å². The Bertz CT molecular complexity index is 3300. The Kier molecular flexibility index (Phi) is 5.71. The van der Waals surface area contributed by atoms with Gasteiger partial charge in [0.25, 0.3) is 0 Å². The van der Waals surface area contributed by atoms with E-state index in [4.69, 9.17) is 14.4 Å². The van der Waals surface area contributed by atoms with Crippen LogP contribution in [0.25, 0.3) is 93.5 Å². The molecule has 5 nitrogen and oxygen atoms in total. The Balaban J connectivity index is 1.17. The first-order chi connectivity index (χ1) is 26.3. The number of aromatic nitrogens is 3. The molecule has 0 unspecified atom stereocenters. The van der Waals surface area contributed by atoms with Crippen molar-refractivity contribution in [1.82, 2.24) is 14.5 Å². The van der Waals surface area contributed by atoms with Crippen molar-refractivity contribution in [2.75, 3.05) is 4.90 Å². The third kappa shape index (κ3) is 3.96. The van der Waals surface area contributed by atoms with Crippen LogP contribution in [0.3, 0.4) is 0 Å². The van der Waals surface area contributed by atoms with E-state index in [1.165, 1.54) is 38.1 Å². The summed E-state index contributed by atoms with van der Waals surface area (Å²) in [6.07, 6.45) is 0. The first kappa shape index (κ1) is 28.5. The monoisotopic (exact) mass is 676 g/mol. The fraction of sp³-hybridized carbons (Fsp3) is 0. The lowest BCUT2D eigenvalue weighted by Gasteiger charge is -2.32. The Morgan fingerprint density at radius 1 is 0.491 bits per heavy atom. The standard InChI is InChI=1S/C48H28N4O/c1-2-15-32(16-3-1)51-38-21-8-6-18-34(38)37-28-31(25-26-39(37)51)45-47-46(35-19-7-9-23-42(35)53-47)50-48(49-45)52-40-22-11-14-30-13-10-20-36(43(30)40)44-33-17-5-4-12-29(33)24-27-41(44)52/h1-28H. The van der Waals surface area contributed by atoms with E-state index < -0.39 is 0 Å². The molecule has 3 aromatic heterocycles.